The van der Waals surface area contributed by atoms with Crippen molar-refractivity contribution in [1.29, 1.82) is 0 Å². The van der Waals surface area contributed by atoms with E-state index in [4.69, 9.17) is 0 Å². The van der Waals surface area contributed by atoms with E-state index in [0.717, 1.165) is 19.3 Å². The van der Waals surface area contributed by atoms with Crippen LogP contribution in [0.25, 0.3) is 0 Å². The summed E-state index contributed by atoms with van der Waals surface area (Å²) in [4.78, 5) is 0. The minimum absolute atomic E-state index is 0.146. The van der Waals surface area contributed by atoms with Gasteiger partial charge in [-0.15, -0.1) is 6.58 Å². The molecule has 1 rings (SSSR count). The molecule has 100 valence electrons. The molecule has 0 radical (unpaired) electrons. The van der Waals surface area contributed by atoms with E-state index in [0.29, 0.717) is 0 Å². The van der Waals surface area contributed by atoms with Crippen LogP contribution in [0.5, 0.6) is 0 Å². The predicted molar refractivity (Wildman–Crippen MR) is 78.5 cm³/mol. The van der Waals surface area contributed by atoms with Gasteiger partial charge in [-0.3, -0.25) is 0 Å². The molecule has 0 bridgehead atoms. The van der Waals surface area contributed by atoms with Crippen LogP contribution < -0.4 is 0 Å². The lowest BCUT2D eigenvalue weighted by molar-refractivity contribution is -0.0350. The first-order chi connectivity index (χ1) is 8.52. The van der Waals surface area contributed by atoms with Crippen LogP contribution in [-0.4, -0.2) is 10.7 Å². The Morgan fingerprint density at radius 3 is 2.44 bits per heavy atom. The summed E-state index contributed by atoms with van der Waals surface area (Å²) in [5, 5.41) is 10.6. The van der Waals surface area contributed by atoms with Gasteiger partial charge in [-0.05, 0) is 31.2 Å². The van der Waals surface area contributed by atoms with Crippen LogP contribution >= 0.6 is 0 Å². The third-order valence-corrected chi connectivity index (χ3v) is 4.23. The zero-order valence-corrected chi connectivity index (χ0v) is 11.9. The molecule has 0 aliphatic carbocycles. The second-order valence-electron chi connectivity index (χ2n) is 5.40. The third-order valence-electron chi connectivity index (χ3n) is 4.23. The molecule has 0 spiro atoms. The summed E-state index contributed by atoms with van der Waals surface area (Å²) in [7, 11) is 0. The first-order valence-corrected chi connectivity index (χ1v) is 6.91. The Balaban J connectivity index is 2.65. The summed E-state index contributed by atoms with van der Waals surface area (Å²) in [5.74, 6) is 0.434. The molecule has 0 aliphatic rings. The highest BCUT2D eigenvalue weighted by molar-refractivity contribution is 5.15. The van der Waals surface area contributed by atoms with E-state index in [2.05, 4.69) is 44.7 Å². The van der Waals surface area contributed by atoms with E-state index in [1.54, 1.807) is 0 Å². The van der Waals surface area contributed by atoms with Gasteiger partial charge in [-0.25, -0.2) is 0 Å². The molecule has 0 saturated carbocycles. The van der Waals surface area contributed by atoms with Crippen molar-refractivity contribution in [2.24, 2.45) is 11.8 Å². The molecule has 3 atom stereocenters. The van der Waals surface area contributed by atoms with Gasteiger partial charge in [0.05, 0.1) is 5.60 Å². The predicted octanol–water partition coefficient (Wildman–Crippen LogP) is 4.22. The molecule has 0 saturated heterocycles. The summed E-state index contributed by atoms with van der Waals surface area (Å²) in [6, 6.07) is 10.4. The van der Waals surface area contributed by atoms with Crippen molar-refractivity contribution in [2.75, 3.05) is 0 Å². The first-order valence-electron chi connectivity index (χ1n) is 6.91. The van der Waals surface area contributed by atoms with Gasteiger partial charge < -0.3 is 5.11 Å². The smallest absolute Gasteiger partial charge is 0.0707 e. The molecule has 0 fully saturated rings. The topological polar surface area (TPSA) is 20.2 Å². The van der Waals surface area contributed by atoms with E-state index in [-0.39, 0.29) is 11.8 Å². The number of aliphatic hydroxyl groups is 1. The number of hydrogen-bond donors (Lipinski definition) is 1. The van der Waals surface area contributed by atoms with Gasteiger partial charge in [0.1, 0.15) is 0 Å². The lowest BCUT2D eigenvalue weighted by Crippen LogP contribution is -2.40. The van der Waals surface area contributed by atoms with Crippen LogP contribution in [0.4, 0.5) is 0 Å². The normalized spacial score (nSPS) is 17.8. The maximum atomic E-state index is 10.6. The Labute approximate surface area is 112 Å². The van der Waals surface area contributed by atoms with E-state index in [1.165, 1.54) is 5.56 Å². The highest BCUT2D eigenvalue weighted by Crippen LogP contribution is 2.32. The Morgan fingerprint density at radius 1 is 1.33 bits per heavy atom. The second-order valence-corrected chi connectivity index (χ2v) is 5.40. The molecule has 18 heavy (non-hydrogen) atoms. The highest BCUT2D eigenvalue weighted by atomic mass is 16.3. The average Bonchev–Trinajstić information content (AvgIpc) is 2.39. The SMILES string of the molecule is C=C[C@@H](CCc1ccccc1)[C@@](C)(O)[C@H](C)CC. The minimum atomic E-state index is -0.661. The fourth-order valence-electron chi connectivity index (χ4n) is 2.39. The van der Waals surface area contributed by atoms with Crippen molar-refractivity contribution in [3.8, 4) is 0 Å². The lowest BCUT2D eigenvalue weighted by atomic mass is 9.75. The summed E-state index contributed by atoms with van der Waals surface area (Å²) in [6.07, 6.45) is 4.84. The highest BCUT2D eigenvalue weighted by Gasteiger charge is 2.34. The van der Waals surface area contributed by atoms with Gasteiger partial charge in [0.15, 0.2) is 0 Å². The Bertz CT molecular complexity index is 353. The van der Waals surface area contributed by atoms with E-state index >= 15 is 0 Å². The molecule has 0 aliphatic heterocycles. The van der Waals surface area contributed by atoms with Crippen molar-refractivity contribution in [1.82, 2.24) is 0 Å². The lowest BCUT2D eigenvalue weighted by Gasteiger charge is -2.36. The van der Waals surface area contributed by atoms with Crippen molar-refractivity contribution >= 4 is 0 Å². The largest absolute Gasteiger partial charge is 0.389 e. The first kappa shape index (κ1) is 15.0. The van der Waals surface area contributed by atoms with Gasteiger partial charge in [0.2, 0.25) is 0 Å². The standard InChI is InChI=1S/C17H26O/c1-5-14(3)17(4,18)16(6-2)13-12-15-10-8-7-9-11-15/h6-11,14,16,18H,2,5,12-13H2,1,3-4H3/t14-,16+,17+/m1/s1. The quantitative estimate of drug-likeness (QED) is 0.714. The van der Waals surface area contributed by atoms with Crippen LogP contribution in [0, 0.1) is 11.8 Å². The van der Waals surface area contributed by atoms with Gasteiger partial charge in [-0.2, -0.15) is 0 Å². The molecule has 1 nitrogen and oxygen atoms in total. The molecule has 0 amide bonds. The van der Waals surface area contributed by atoms with Crippen LogP contribution in [0.2, 0.25) is 0 Å². The molecular weight excluding hydrogens is 220 g/mol. The van der Waals surface area contributed by atoms with E-state index < -0.39 is 5.60 Å². The van der Waals surface area contributed by atoms with Gasteiger partial charge in [-0.1, -0.05) is 56.7 Å². The summed E-state index contributed by atoms with van der Waals surface area (Å²) in [6.45, 7) is 10.1. The summed E-state index contributed by atoms with van der Waals surface area (Å²) >= 11 is 0. The molecule has 1 aromatic rings. The molecule has 1 heteroatoms. The van der Waals surface area contributed by atoms with Crippen molar-refractivity contribution in [3.05, 3.63) is 48.6 Å². The molecule has 1 N–H and O–H groups in total. The Hall–Kier alpha value is -1.08. The second kappa shape index (κ2) is 6.75. The molecule has 0 heterocycles. The third kappa shape index (κ3) is 3.71. The average molecular weight is 246 g/mol. The maximum Gasteiger partial charge on any atom is 0.0707 e. The van der Waals surface area contributed by atoms with Crippen LogP contribution in [0.1, 0.15) is 39.2 Å². The summed E-state index contributed by atoms with van der Waals surface area (Å²) < 4.78 is 0. The van der Waals surface area contributed by atoms with Crippen LogP contribution in [-0.2, 0) is 6.42 Å². The molecule has 0 unspecified atom stereocenters. The van der Waals surface area contributed by atoms with Crippen molar-refractivity contribution in [2.45, 2.75) is 45.6 Å². The minimum Gasteiger partial charge on any atom is -0.389 e. The van der Waals surface area contributed by atoms with Crippen LogP contribution in [0.3, 0.4) is 0 Å². The monoisotopic (exact) mass is 246 g/mol. The molecular formula is C17H26O. The molecule has 0 aromatic heterocycles. The fourth-order valence-corrected chi connectivity index (χ4v) is 2.39. The number of aryl methyl sites for hydroxylation is 1. The zero-order valence-electron chi connectivity index (χ0n) is 11.9. The fraction of sp³-hybridized carbons (Fsp3) is 0.529. The van der Waals surface area contributed by atoms with E-state index in [9.17, 15) is 5.11 Å². The Kier molecular flexibility index (Phi) is 5.61. The Morgan fingerprint density at radius 2 is 1.94 bits per heavy atom. The number of rotatable bonds is 7. The van der Waals surface area contributed by atoms with Crippen LogP contribution in [0.15, 0.2) is 43.0 Å². The van der Waals surface area contributed by atoms with Crippen molar-refractivity contribution < 1.29 is 5.11 Å². The molecule has 1 aromatic carbocycles. The summed E-state index contributed by atoms with van der Waals surface area (Å²) in [5.41, 5.74) is 0.662. The zero-order chi connectivity index (χ0) is 13.6. The van der Waals surface area contributed by atoms with Gasteiger partial charge in [0, 0.05) is 5.92 Å². The van der Waals surface area contributed by atoms with Crippen molar-refractivity contribution in [3.63, 3.8) is 0 Å². The number of benzene rings is 1. The van der Waals surface area contributed by atoms with Gasteiger partial charge in [0.25, 0.3) is 0 Å². The van der Waals surface area contributed by atoms with Gasteiger partial charge >= 0.3 is 0 Å². The number of hydrogen-bond acceptors (Lipinski definition) is 1. The maximum absolute atomic E-state index is 10.6. The van der Waals surface area contributed by atoms with E-state index in [1.807, 2.05) is 19.1 Å².